The molecule has 0 amide bonds. The van der Waals surface area contributed by atoms with Crippen LogP contribution >= 0.6 is 0 Å². The van der Waals surface area contributed by atoms with Crippen LogP contribution in [0.5, 0.6) is 0 Å². The molecule has 26 heavy (non-hydrogen) atoms. The van der Waals surface area contributed by atoms with Crippen LogP contribution in [0, 0.1) is 5.92 Å². The number of carboxylic acid groups (broad SMARTS) is 1. The Hall–Kier alpha value is -1.42. The first-order valence-corrected chi connectivity index (χ1v) is 9.19. The topological polar surface area (TPSA) is 145 Å². The van der Waals surface area contributed by atoms with Crippen LogP contribution in [0.3, 0.4) is 0 Å². The van der Waals surface area contributed by atoms with E-state index in [2.05, 4.69) is 9.89 Å². The Morgan fingerprint density at radius 2 is 1.96 bits per heavy atom. The van der Waals surface area contributed by atoms with E-state index in [1.54, 1.807) is 7.05 Å². The number of aliphatic carboxylic acids is 1. The SMILES string of the molecule is CN=C(C=C(C)N)CN1CCC(C(N)(CCCCB(O)O)C(=O)O)CC1. The van der Waals surface area contributed by atoms with Gasteiger partial charge in [0, 0.05) is 19.3 Å². The summed E-state index contributed by atoms with van der Waals surface area (Å²) in [6.45, 7) is 4.05. The molecule has 0 aliphatic carbocycles. The van der Waals surface area contributed by atoms with Crippen LogP contribution in [0.25, 0.3) is 0 Å². The first-order chi connectivity index (χ1) is 12.2. The van der Waals surface area contributed by atoms with Crippen molar-refractivity contribution in [3.63, 3.8) is 0 Å². The number of likely N-dealkylation sites (tertiary alicyclic amines) is 1. The summed E-state index contributed by atoms with van der Waals surface area (Å²) in [6.07, 6.45) is 4.98. The molecular weight excluding hydrogens is 335 g/mol. The maximum Gasteiger partial charge on any atom is 0.451 e. The molecule has 0 aromatic heterocycles. The molecule has 1 rings (SSSR count). The molecule has 9 heteroatoms. The van der Waals surface area contributed by atoms with Crippen LogP contribution in [0.4, 0.5) is 0 Å². The van der Waals surface area contributed by atoms with Crippen LogP contribution < -0.4 is 11.5 Å². The van der Waals surface area contributed by atoms with Crippen molar-refractivity contribution in [3.8, 4) is 0 Å². The summed E-state index contributed by atoms with van der Waals surface area (Å²) >= 11 is 0. The van der Waals surface area contributed by atoms with Crippen molar-refractivity contribution in [2.24, 2.45) is 22.4 Å². The largest absolute Gasteiger partial charge is 0.480 e. The minimum absolute atomic E-state index is 0.0934. The number of allylic oxidation sites excluding steroid dienone is 1. The number of unbranched alkanes of at least 4 members (excludes halogenated alkanes) is 1. The highest BCUT2D eigenvalue weighted by atomic mass is 16.4. The summed E-state index contributed by atoms with van der Waals surface area (Å²) in [4.78, 5) is 18.3. The highest BCUT2D eigenvalue weighted by molar-refractivity contribution is 6.40. The molecule has 1 unspecified atom stereocenters. The van der Waals surface area contributed by atoms with Gasteiger partial charge in [0.2, 0.25) is 0 Å². The molecule has 0 radical (unpaired) electrons. The fourth-order valence-electron chi connectivity index (χ4n) is 3.51. The maximum atomic E-state index is 11.8. The number of hydrogen-bond acceptors (Lipinski definition) is 7. The van der Waals surface area contributed by atoms with Crippen LogP contribution in [-0.2, 0) is 4.79 Å². The van der Waals surface area contributed by atoms with Crippen molar-refractivity contribution in [3.05, 3.63) is 11.8 Å². The average molecular weight is 368 g/mol. The Bertz CT molecular complexity index is 515. The molecule has 1 heterocycles. The molecule has 148 valence electrons. The van der Waals surface area contributed by atoms with E-state index < -0.39 is 18.6 Å². The van der Waals surface area contributed by atoms with Crippen molar-refractivity contribution >= 4 is 18.8 Å². The van der Waals surface area contributed by atoms with Crippen LogP contribution in [0.15, 0.2) is 16.8 Å². The molecule has 0 bridgehead atoms. The summed E-state index contributed by atoms with van der Waals surface area (Å²) in [7, 11) is 0.385. The molecule has 1 atom stereocenters. The van der Waals surface area contributed by atoms with Gasteiger partial charge in [-0.3, -0.25) is 14.7 Å². The lowest BCUT2D eigenvalue weighted by Gasteiger charge is -2.40. The normalized spacial score (nSPS) is 20.0. The molecule has 0 aromatic rings. The van der Waals surface area contributed by atoms with Gasteiger partial charge >= 0.3 is 13.1 Å². The Balaban J connectivity index is 2.59. The van der Waals surface area contributed by atoms with Gasteiger partial charge in [0.05, 0.1) is 5.71 Å². The van der Waals surface area contributed by atoms with Gasteiger partial charge < -0.3 is 26.6 Å². The summed E-state index contributed by atoms with van der Waals surface area (Å²) < 4.78 is 0. The molecule has 0 saturated carbocycles. The van der Waals surface area contributed by atoms with Crippen molar-refractivity contribution < 1.29 is 19.9 Å². The summed E-state index contributed by atoms with van der Waals surface area (Å²) in [5.74, 6) is -1.07. The van der Waals surface area contributed by atoms with Crippen LogP contribution in [0.1, 0.15) is 39.0 Å². The van der Waals surface area contributed by atoms with Gasteiger partial charge in [-0.2, -0.15) is 0 Å². The van der Waals surface area contributed by atoms with E-state index >= 15 is 0 Å². The molecule has 8 nitrogen and oxygen atoms in total. The Kier molecular flexibility index (Phi) is 9.28. The number of nitrogens with zero attached hydrogens (tertiary/aromatic N) is 2. The van der Waals surface area contributed by atoms with E-state index in [0.29, 0.717) is 44.3 Å². The van der Waals surface area contributed by atoms with E-state index in [4.69, 9.17) is 21.5 Å². The predicted octanol–water partition coefficient (Wildman–Crippen LogP) is 0.0569. The number of nitrogens with two attached hydrogens (primary N) is 2. The molecule has 1 saturated heterocycles. The van der Waals surface area contributed by atoms with Gasteiger partial charge in [0.1, 0.15) is 5.54 Å². The second kappa shape index (κ2) is 10.7. The number of rotatable bonds is 10. The van der Waals surface area contributed by atoms with Gasteiger partial charge in [-0.25, -0.2) is 0 Å². The third-order valence-corrected chi connectivity index (χ3v) is 5.08. The molecule has 0 aromatic carbocycles. The molecule has 1 aliphatic rings. The fraction of sp³-hybridized carbons (Fsp3) is 0.765. The lowest BCUT2D eigenvalue weighted by molar-refractivity contribution is -0.147. The van der Waals surface area contributed by atoms with Gasteiger partial charge in [0.25, 0.3) is 0 Å². The lowest BCUT2D eigenvalue weighted by Crippen LogP contribution is -2.57. The van der Waals surface area contributed by atoms with Crippen molar-refractivity contribution in [2.75, 3.05) is 26.7 Å². The quantitative estimate of drug-likeness (QED) is 0.208. The number of carboxylic acids is 1. The minimum Gasteiger partial charge on any atom is -0.480 e. The van der Waals surface area contributed by atoms with E-state index in [-0.39, 0.29) is 12.2 Å². The Morgan fingerprint density at radius 1 is 1.35 bits per heavy atom. The standard InChI is InChI=1S/C17H33BN4O4/c1-13(19)11-15(21-2)12-22-9-5-14(6-10-22)17(20,16(23)24)7-3-4-8-18(25)26/h11,14,25-26H,3-10,12,19-20H2,1-2H3,(H,23,24). The fourth-order valence-corrected chi connectivity index (χ4v) is 3.51. The van der Waals surface area contributed by atoms with E-state index in [1.165, 1.54) is 0 Å². The summed E-state index contributed by atoms with van der Waals surface area (Å²) in [5, 5.41) is 27.5. The van der Waals surface area contributed by atoms with Crippen LogP contribution in [0.2, 0.25) is 6.32 Å². The third-order valence-electron chi connectivity index (χ3n) is 5.08. The molecule has 7 N–H and O–H groups in total. The van der Waals surface area contributed by atoms with Gasteiger partial charge in [-0.15, -0.1) is 0 Å². The maximum absolute atomic E-state index is 11.8. The zero-order chi connectivity index (χ0) is 19.7. The number of piperidine rings is 1. The number of hydrogen-bond donors (Lipinski definition) is 5. The van der Waals surface area contributed by atoms with E-state index in [1.807, 2.05) is 13.0 Å². The van der Waals surface area contributed by atoms with Gasteiger partial charge in [-0.05, 0) is 57.6 Å². The molecular formula is C17H33BN4O4. The predicted molar refractivity (Wildman–Crippen MR) is 104 cm³/mol. The Morgan fingerprint density at radius 3 is 2.42 bits per heavy atom. The minimum atomic E-state index is -1.35. The number of aliphatic imine (C=N–C) groups is 1. The second-order valence-corrected chi connectivity index (χ2v) is 7.23. The molecule has 0 spiro atoms. The van der Waals surface area contributed by atoms with Gasteiger partial charge in [-0.1, -0.05) is 12.8 Å². The van der Waals surface area contributed by atoms with Crippen LogP contribution in [-0.4, -0.2) is 71.1 Å². The molecule has 1 aliphatic heterocycles. The second-order valence-electron chi connectivity index (χ2n) is 7.23. The number of carbonyl (C=O) groups is 1. The van der Waals surface area contributed by atoms with E-state index in [0.717, 1.165) is 18.8 Å². The van der Waals surface area contributed by atoms with Gasteiger partial charge in [0.15, 0.2) is 0 Å². The lowest BCUT2D eigenvalue weighted by atomic mass is 9.74. The monoisotopic (exact) mass is 368 g/mol. The zero-order valence-electron chi connectivity index (χ0n) is 15.9. The summed E-state index contributed by atoms with van der Waals surface area (Å²) in [6, 6.07) is 0. The van der Waals surface area contributed by atoms with Crippen molar-refractivity contribution in [1.82, 2.24) is 4.90 Å². The zero-order valence-corrected chi connectivity index (χ0v) is 15.9. The van der Waals surface area contributed by atoms with Crippen molar-refractivity contribution in [2.45, 2.75) is 50.9 Å². The highest BCUT2D eigenvalue weighted by Crippen LogP contribution is 2.31. The summed E-state index contributed by atoms with van der Waals surface area (Å²) in [5.41, 5.74) is 12.3. The van der Waals surface area contributed by atoms with Crippen molar-refractivity contribution in [1.29, 1.82) is 0 Å². The van der Waals surface area contributed by atoms with E-state index in [9.17, 15) is 9.90 Å². The molecule has 1 fully saturated rings. The first kappa shape index (κ1) is 22.6. The Labute approximate surface area is 156 Å². The first-order valence-electron chi connectivity index (χ1n) is 9.19. The average Bonchev–Trinajstić information content (AvgIpc) is 2.57. The highest BCUT2D eigenvalue weighted by Gasteiger charge is 2.42. The smallest absolute Gasteiger partial charge is 0.451 e. The third kappa shape index (κ3) is 7.07.